The van der Waals surface area contributed by atoms with Gasteiger partial charge in [0.25, 0.3) is 0 Å². The van der Waals surface area contributed by atoms with Crippen LogP contribution in [0.3, 0.4) is 0 Å². The van der Waals surface area contributed by atoms with Gasteiger partial charge in [0.15, 0.2) is 0 Å². The summed E-state index contributed by atoms with van der Waals surface area (Å²) in [5.41, 5.74) is 0. The highest BCUT2D eigenvalue weighted by Gasteiger charge is 2.11. The maximum absolute atomic E-state index is 11.1. The van der Waals surface area contributed by atoms with Gasteiger partial charge in [-0.3, -0.25) is 14.4 Å². The van der Waals surface area contributed by atoms with Gasteiger partial charge in [-0.05, 0) is 0 Å². The number of carbonyl (C=O) groups is 3. The van der Waals surface area contributed by atoms with Gasteiger partial charge in [0.1, 0.15) is 0 Å². The standard InChI is InChI=1S/C9H17N3O4/c1-7(13)10-3-4-11-8(14)9(15)12-5-6-16-2/h3-6H2,1-2H3,(H,10,13)(H,11,14)(H,12,15). The maximum atomic E-state index is 11.1. The second-order valence-electron chi connectivity index (χ2n) is 2.99. The Balaban J connectivity index is 3.55. The molecule has 0 unspecified atom stereocenters. The number of carbonyl (C=O) groups excluding carboxylic acids is 3. The van der Waals surface area contributed by atoms with Crippen LogP contribution in [0.4, 0.5) is 0 Å². The predicted octanol–water partition coefficient (Wildman–Crippen LogP) is -2.00. The second-order valence-corrected chi connectivity index (χ2v) is 2.99. The molecule has 3 amide bonds. The molecule has 7 nitrogen and oxygen atoms in total. The van der Waals surface area contributed by atoms with Crippen LogP contribution in [0.2, 0.25) is 0 Å². The van der Waals surface area contributed by atoms with Crippen LogP contribution in [-0.2, 0) is 19.1 Å². The summed E-state index contributed by atoms with van der Waals surface area (Å²) >= 11 is 0. The van der Waals surface area contributed by atoms with E-state index in [9.17, 15) is 14.4 Å². The van der Waals surface area contributed by atoms with Gasteiger partial charge >= 0.3 is 11.8 Å². The third-order valence-electron chi connectivity index (χ3n) is 1.58. The Bertz CT molecular complexity index is 255. The van der Waals surface area contributed by atoms with Crippen LogP contribution >= 0.6 is 0 Å². The minimum Gasteiger partial charge on any atom is -0.383 e. The van der Waals surface area contributed by atoms with Crippen molar-refractivity contribution in [3.63, 3.8) is 0 Å². The third-order valence-corrected chi connectivity index (χ3v) is 1.58. The summed E-state index contributed by atoms with van der Waals surface area (Å²) in [4.78, 5) is 32.7. The van der Waals surface area contributed by atoms with Gasteiger partial charge in [0, 0.05) is 33.7 Å². The lowest BCUT2D eigenvalue weighted by molar-refractivity contribution is -0.139. The van der Waals surface area contributed by atoms with Crippen molar-refractivity contribution >= 4 is 17.7 Å². The summed E-state index contributed by atoms with van der Waals surface area (Å²) < 4.78 is 4.70. The zero-order valence-electron chi connectivity index (χ0n) is 9.46. The molecule has 0 atom stereocenters. The van der Waals surface area contributed by atoms with E-state index in [4.69, 9.17) is 4.74 Å². The fourth-order valence-corrected chi connectivity index (χ4v) is 0.842. The van der Waals surface area contributed by atoms with Gasteiger partial charge in [-0.2, -0.15) is 0 Å². The highest BCUT2D eigenvalue weighted by Crippen LogP contribution is 1.70. The lowest BCUT2D eigenvalue weighted by Gasteiger charge is -2.06. The number of hydrogen-bond acceptors (Lipinski definition) is 4. The molecule has 16 heavy (non-hydrogen) atoms. The number of hydrogen-bond donors (Lipinski definition) is 3. The smallest absolute Gasteiger partial charge is 0.309 e. The molecule has 0 aliphatic heterocycles. The quantitative estimate of drug-likeness (QED) is 0.364. The van der Waals surface area contributed by atoms with Crippen LogP contribution in [0.15, 0.2) is 0 Å². The molecule has 0 fully saturated rings. The SMILES string of the molecule is COCCNC(=O)C(=O)NCCNC(C)=O. The Morgan fingerprint density at radius 2 is 1.44 bits per heavy atom. The first-order valence-electron chi connectivity index (χ1n) is 4.87. The normalized spacial score (nSPS) is 9.38. The molecule has 0 aromatic carbocycles. The molecule has 0 aliphatic rings. The monoisotopic (exact) mass is 231 g/mol. The van der Waals surface area contributed by atoms with Gasteiger partial charge in [-0.1, -0.05) is 0 Å². The molecule has 0 bridgehead atoms. The van der Waals surface area contributed by atoms with E-state index in [1.807, 2.05) is 0 Å². The van der Waals surface area contributed by atoms with E-state index in [1.165, 1.54) is 14.0 Å². The molecule has 0 saturated heterocycles. The van der Waals surface area contributed by atoms with Crippen molar-refractivity contribution in [2.75, 3.05) is 33.4 Å². The minimum atomic E-state index is -0.721. The topological polar surface area (TPSA) is 96.5 Å². The summed E-state index contributed by atoms with van der Waals surface area (Å²) in [6, 6.07) is 0. The van der Waals surface area contributed by atoms with Crippen LogP contribution in [0.1, 0.15) is 6.92 Å². The highest BCUT2D eigenvalue weighted by atomic mass is 16.5. The first kappa shape index (κ1) is 14.4. The average molecular weight is 231 g/mol. The van der Waals surface area contributed by atoms with Crippen LogP contribution in [-0.4, -0.2) is 51.1 Å². The average Bonchev–Trinajstić information content (AvgIpc) is 2.24. The van der Waals surface area contributed by atoms with Gasteiger partial charge in [0.2, 0.25) is 5.91 Å². The van der Waals surface area contributed by atoms with Gasteiger partial charge in [-0.25, -0.2) is 0 Å². The molecule has 0 saturated carbocycles. The highest BCUT2D eigenvalue weighted by molar-refractivity contribution is 6.35. The number of methoxy groups -OCH3 is 1. The summed E-state index contributed by atoms with van der Waals surface area (Å²) in [7, 11) is 1.50. The Labute approximate surface area is 93.9 Å². The molecule has 0 heterocycles. The fourth-order valence-electron chi connectivity index (χ4n) is 0.842. The molecule has 0 rings (SSSR count). The van der Waals surface area contributed by atoms with Gasteiger partial charge in [0.05, 0.1) is 6.61 Å². The summed E-state index contributed by atoms with van der Waals surface area (Å²) in [5.74, 6) is -1.61. The molecule has 0 aromatic heterocycles. The Hall–Kier alpha value is -1.63. The van der Waals surface area contributed by atoms with Crippen LogP contribution in [0.5, 0.6) is 0 Å². The van der Waals surface area contributed by atoms with Crippen molar-refractivity contribution in [3.05, 3.63) is 0 Å². The Morgan fingerprint density at radius 1 is 0.938 bits per heavy atom. The molecular formula is C9H17N3O4. The molecule has 0 radical (unpaired) electrons. The Morgan fingerprint density at radius 3 is 1.94 bits per heavy atom. The number of nitrogens with one attached hydrogen (secondary N) is 3. The number of ether oxygens (including phenoxy) is 1. The second kappa shape index (κ2) is 8.66. The first-order chi connectivity index (χ1) is 7.57. The largest absolute Gasteiger partial charge is 0.383 e. The van der Waals surface area contributed by atoms with Gasteiger partial charge < -0.3 is 20.7 Å². The molecule has 0 spiro atoms. The lowest BCUT2D eigenvalue weighted by atomic mass is 10.5. The van der Waals surface area contributed by atoms with E-state index in [1.54, 1.807) is 0 Å². The van der Waals surface area contributed by atoms with Crippen molar-refractivity contribution in [1.29, 1.82) is 0 Å². The molecular weight excluding hydrogens is 214 g/mol. The zero-order chi connectivity index (χ0) is 12.4. The van der Waals surface area contributed by atoms with E-state index in [0.29, 0.717) is 13.2 Å². The van der Waals surface area contributed by atoms with Crippen LogP contribution in [0.25, 0.3) is 0 Å². The van der Waals surface area contributed by atoms with Crippen molar-refractivity contribution in [3.8, 4) is 0 Å². The van der Waals surface area contributed by atoms with E-state index in [2.05, 4.69) is 16.0 Å². The zero-order valence-corrected chi connectivity index (χ0v) is 9.46. The minimum absolute atomic E-state index is 0.182. The Kier molecular flexibility index (Phi) is 7.78. The fraction of sp³-hybridized carbons (Fsp3) is 0.667. The molecule has 0 aliphatic carbocycles. The molecule has 92 valence electrons. The molecule has 0 aromatic rings. The third kappa shape index (κ3) is 7.74. The van der Waals surface area contributed by atoms with Crippen molar-refractivity contribution in [2.24, 2.45) is 0 Å². The first-order valence-corrected chi connectivity index (χ1v) is 4.87. The lowest BCUT2D eigenvalue weighted by Crippen LogP contribution is -2.43. The molecule has 7 heteroatoms. The predicted molar refractivity (Wildman–Crippen MR) is 56.6 cm³/mol. The van der Waals surface area contributed by atoms with Crippen molar-refractivity contribution < 1.29 is 19.1 Å². The van der Waals surface area contributed by atoms with Crippen molar-refractivity contribution in [1.82, 2.24) is 16.0 Å². The molecule has 3 N–H and O–H groups in total. The van der Waals surface area contributed by atoms with Crippen molar-refractivity contribution in [2.45, 2.75) is 6.92 Å². The van der Waals surface area contributed by atoms with E-state index in [0.717, 1.165) is 0 Å². The van der Waals surface area contributed by atoms with E-state index >= 15 is 0 Å². The number of rotatable bonds is 6. The van der Waals surface area contributed by atoms with E-state index < -0.39 is 11.8 Å². The van der Waals surface area contributed by atoms with Crippen LogP contribution in [0, 0.1) is 0 Å². The summed E-state index contributed by atoms with van der Waals surface area (Å²) in [6.45, 7) is 2.53. The summed E-state index contributed by atoms with van der Waals surface area (Å²) in [6.07, 6.45) is 0. The van der Waals surface area contributed by atoms with E-state index in [-0.39, 0.29) is 19.0 Å². The maximum Gasteiger partial charge on any atom is 0.309 e. The van der Waals surface area contributed by atoms with Gasteiger partial charge in [-0.15, -0.1) is 0 Å². The van der Waals surface area contributed by atoms with Crippen LogP contribution < -0.4 is 16.0 Å². The summed E-state index contributed by atoms with van der Waals surface area (Å²) in [5, 5.41) is 7.21. The number of amides is 3.